The maximum atomic E-state index is 11.8. The first-order valence-corrected chi connectivity index (χ1v) is 6.70. The lowest BCUT2D eigenvalue weighted by Crippen LogP contribution is -2.39. The van der Waals surface area contributed by atoms with E-state index in [1.165, 1.54) is 0 Å². The van der Waals surface area contributed by atoms with Crippen LogP contribution in [0.1, 0.15) is 13.8 Å². The van der Waals surface area contributed by atoms with E-state index in [-0.39, 0.29) is 5.91 Å². The number of carbonyl (C=O) groups is 2. The van der Waals surface area contributed by atoms with Crippen LogP contribution in [0, 0.1) is 11.8 Å². The van der Waals surface area contributed by atoms with E-state index in [1.807, 2.05) is 42.3 Å². The highest BCUT2D eigenvalue weighted by Crippen LogP contribution is 2.12. The Labute approximate surface area is 119 Å². The molecular formula is C15H22N2O3. The zero-order valence-electron chi connectivity index (χ0n) is 12.2. The molecule has 110 valence electrons. The van der Waals surface area contributed by atoms with Gasteiger partial charge in [-0.15, -0.1) is 0 Å². The number of carbonyl (C=O) groups excluding carboxylic acids is 1. The van der Waals surface area contributed by atoms with Gasteiger partial charge in [-0.05, 0) is 12.1 Å². The lowest BCUT2D eigenvalue weighted by Gasteiger charge is -2.21. The van der Waals surface area contributed by atoms with Crippen LogP contribution >= 0.6 is 0 Å². The third-order valence-corrected chi connectivity index (χ3v) is 3.50. The second kappa shape index (κ2) is 7.53. The van der Waals surface area contributed by atoms with Crippen molar-refractivity contribution in [3.05, 3.63) is 30.3 Å². The molecule has 0 fully saturated rings. The van der Waals surface area contributed by atoms with Crippen LogP contribution in [0.3, 0.4) is 0 Å². The predicted octanol–water partition coefficient (Wildman–Crippen LogP) is 1.60. The van der Waals surface area contributed by atoms with Crippen molar-refractivity contribution in [3.63, 3.8) is 0 Å². The van der Waals surface area contributed by atoms with E-state index >= 15 is 0 Å². The minimum absolute atomic E-state index is 0.221. The largest absolute Gasteiger partial charge is 0.481 e. The van der Waals surface area contributed by atoms with Gasteiger partial charge in [-0.2, -0.15) is 0 Å². The Hall–Kier alpha value is -2.04. The van der Waals surface area contributed by atoms with E-state index in [0.29, 0.717) is 13.1 Å². The highest BCUT2D eigenvalue weighted by Gasteiger charge is 2.25. The second-order valence-corrected chi connectivity index (χ2v) is 4.96. The van der Waals surface area contributed by atoms with Gasteiger partial charge in [0.15, 0.2) is 0 Å². The van der Waals surface area contributed by atoms with Crippen molar-refractivity contribution in [1.29, 1.82) is 0 Å². The highest BCUT2D eigenvalue weighted by molar-refractivity contribution is 5.84. The molecule has 2 atom stereocenters. The number of aliphatic carboxylic acids is 1. The maximum absolute atomic E-state index is 11.8. The second-order valence-electron chi connectivity index (χ2n) is 4.96. The highest BCUT2D eigenvalue weighted by atomic mass is 16.4. The summed E-state index contributed by atoms with van der Waals surface area (Å²) >= 11 is 0. The number of carboxylic acid groups (broad SMARTS) is 1. The fraction of sp³-hybridized carbons (Fsp3) is 0.467. The molecule has 0 saturated carbocycles. The van der Waals surface area contributed by atoms with E-state index in [4.69, 9.17) is 5.11 Å². The summed E-state index contributed by atoms with van der Waals surface area (Å²) in [5.41, 5.74) is 1.08. The van der Waals surface area contributed by atoms with Crippen molar-refractivity contribution in [2.24, 2.45) is 11.8 Å². The van der Waals surface area contributed by atoms with Crippen LogP contribution in [0.15, 0.2) is 30.3 Å². The van der Waals surface area contributed by atoms with Gasteiger partial charge < -0.3 is 15.3 Å². The van der Waals surface area contributed by atoms with Gasteiger partial charge in [0.25, 0.3) is 0 Å². The topological polar surface area (TPSA) is 69.6 Å². The summed E-state index contributed by atoms with van der Waals surface area (Å²) in [5, 5.41) is 11.7. The van der Waals surface area contributed by atoms with Crippen molar-refractivity contribution in [3.8, 4) is 0 Å². The van der Waals surface area contributed by atoms with Gasteiger partial charge in [0.05, 0.1) is 5.92 Å². The monoisotopic (exact) mass is 278 g/mol. The summed E-state index contributed by atoms with van der Waals surface area (Å²) < 4.78 is 0. The number of anilines is 1. The fourth-order valence-corrected chi connectivity index (χ4v) is 1.76. The lowest BCUT2D eigenvalue weighted by atomic mass is 9.95. The molecule has 1 aromatic carbocycles. The van der Waals surface area contributed by atoms with Crippen molar-refractivity contribution in [2.75, 3.05) is 25.0 Å². The predicted molar refractivity (Wildman–Crippen MR) is 78.7 cm³/mol. The van der Waals surface area contributed by atoms with Crippen molar-refractivity contribution in [1.82, 2.24) is 5.32 Å². The normalized spacial score (nSPS) is 13.3. The van der Waals surface area contributed by atoms with Gasteiger partial charge >= 0.3 is 5.97 Å². The van der Waals surface area contributed by atoms with Gasteiger partial charge in [0, 0.05) is 31.7 Å². The maximum Gasteiger partial charge on any atom is 0.307 e. The summed E-state index contributed by atoms with van der Waals surface area (Å²) in [6.07, 6.45) is 0. The number of nitrogens with zero attached hydrogens (tertiary/aromatic N) is 1. The van der Waals surface area contributed by atoms with Crippen molar-refractivity contribution < 1.29 is 14.7 Å². The molecule has 0 heterocycles. The Morgan fingerprint density at radius 3 is 2.35 bits per heavy atom. The summed E-state index contributed by atoms with van der Waals surface area (Å²) in [7, 11) is 1.95. The molecule has 0 bridgehead atoms. The van der Waals surface area contributed by atoms with Crippen LogP contribution in [0.2, 0.25) is 0 Å². The van der Waals surface area contributed by atoms with E-state index in [9.17, 15) is 9.59 Å². The molecule has 0 radical (unpaired) electrons. The Bertz CT molecular complexity index is 448. The molecule has 2 N–H and O–H groups in total. The van der Waals surface area contributed by atoms with Crippen LogP contribution in [0.4, 0.5) is 5.69 Å². The fourth-order valence-electron chi connectivity index (χ4n) is 1.76. The van der Waals surface area contributed by atoms with E-state index in [1.54, 1.807) is 13.8 Å². The van der Waals surface area contributed by atoms with Crippen LogP contribution in [-0.4, -0.2) is 37.1 Å². The number of benzene rings is 1. The standard InChI is InChI=1S/C15H22N2O3/c1-11(12(2)15(19)20)14(18)16-9-10-17(3)13-7-5-4-6-8-13/h4-8,11-12H,9-10H2,1-3H3,(H,16,18)(H,19,20). The molecule has 5 heteroatoms. The van der Waals surface area contributed by atoms with Crippen molar-refractivity contribution in [2.45, 2.75) is 13.8 Å². The summed E-state index contributed by atoms with van der Waals surface area (Å²) in [5.74, 6) is -2.38. The van der Waals surface area contributed by atoms with Gasteiger partial charge in [-0.1, -0.05) is 32.0 Å². The average Bonchev–Trinajstić information content (AvgIpc) is 2.46. The molecule has 0 aliphatic carbocycles. The number of nitrogens with one attached hydrogen (secondary N) is 1. The van der Waals surface area contributed by atoms with Crippen LogP contribution in [0.5, 0.6) is 0 Å². The van der Waals surface area contributed by atoms with Crippen molar-refractivity contribution >= 4 is 17.6 Å². The van der Waals surface area contributed by atoms with Crippen LogP contribution in [0.25, 0.3) is 0 Å². The third-order valence-electron chi connectivity index (χ3n) is 3.50. The quantitative estimate of drug-likeness (QED) is 0.795. The van der Waals surface area contributed by atoms with Crippen LogP contribution in [-0.2, 0) is 9.59 Å². The SMILES string of the molecule is CC(C(=O)O)C(C)C(=O)NCCN(C)c1ccccc1. The van der Waals surface area contributed by atoms with Gasteiger partial charge in [-0.25, -0.2) is 0 Å². The lowest BCUT2D eigenvalue weighted by molar-refractivity contribution is -0.146. The number of hydrogen-bond acceptors (Lipinski definition) is 3. The molecular weight excluding hydrogens is 256 g/mol. The van der Waals surface area contributed by atoms with E-state index < -0.39 is 17.8 Å². The zero-order chi connectivity index (χ0) is 15.1. The third kappa shape index (κ3) is 4.57. The molecule has 1 rings (SSSR count). The Balaban J connectivity index is 2.37. The molecule has 0 aromatic heterocycles. The molecule has 5 nitrogen and oxygen atoms in total. The number of likely N-dealkylation sites (N-methyl/N-ethyl adjacent to an activating group) is 1. The molecule has 0 saturated heterocycles. The Morgan fingerprint density at radius 1 is 1.20 bits per heavy atom. The first kappa shape index (κ1) is 16.0. The number of hydrogen-bond donors (Lipinski definition) is 2. The van der Waals surface area contributed by atoms with Crippen LogP contribution < -0.4 is 10.2 Å². The van der Waals surface area contributed by atoms with E-state index in [0.717, 1.165) is 5.69 Å². The summed E-state index contributed by atoms with van der Waals surface area (Å²) in [6.45, 7) is 4.34. The molecule has 20 heavy (non-hydrogen) atoms. The first-order chi connectivity index (χ1) is 9.43. The molecule has 0 aliphatic rings. The molecule has 1 aromatic rings. The first-order valence-electron chi connectivity index (χ1n) is 6.70. The summed E-state index contributed by atoms with van der Waals surface area (Å²) in [4.78, 5) is 24.7. The molecule has 0 aliphatic heterocycles. The molecule has 1 amide bonds. The minimum Gasteiger partial charge on any atom is -0.481 e. The molecule has 0 spiro atoms. The zero-order valence-corrected chi connectivity index (χ0v) is 12.2. The Kier molecular flexibility index (Phi) is 6.03. The van der Waals surface area contributed by atoms with E-state index in [2.05, 4.69) is 5.32 Å². The number of amides is 1. The number of para-hydroxylation sites is 1. The smallest absolute Gasteiger partial charge is 0.307 e. The van der Waals surface area contributed by atoms with Gasteiger partial charge in [0.1, 0.15) is 0 Å². The number of rotatable bonds is 7. The Morgan fingerprint density at radius 2 is 1.80 bits per heavy atom. The van der Waals surface area contributed by atoms with Gasteiger partial charge in [0.2, 0.25) is 5.91 Å². The molecule has 2 unspecified atom stereocenters. The minimum atomic E-state index is -0.950. The summed E-state index contributed by atoms with van der Waals surface area (Å²) in [6, 6.07) is 9.87. The number of carboxylic acids is 1. The van der Waals surface area contributed by atoms with Gasteiger partial charge in [-0.3, -0.25) is 9.59 Å². The average molecular weight is 278 g/mol.